The van der Waals surface area contributed by atoms with Crippen molar-refractivity contribution in [2.45, 2.75) is 19.8 Å². The SMILES string of the molecule is COc1ccc(CCC(=O)Nc2ccc3nc(N4CCN(C)CC4)cc(C)c3c2)cc1. The minimum atomic E-state index is 0.00911. The zero-order valence-corrected chi connectivity index (χ0v) is 18.5. The highest BCUT2D eigenvalue weighted by atomic mass is 16.5. The van der Waals surface area contributed by atoms with Crippen LogP contribution in [-0.4, -0.2) is 56.1 Å². The van der Waals surface area contributed by atoms with Crippen molar-refractivity contribution in [1.82, 2.24) is 9.88 Å². The van der Waals surface area contributed by atoms with Crippen molar-refractivity contribution < 1.29 is 9.53 Å². The number of methoxy groups -OCH3 is 1. The number of nitrogens with zero attached hydrogens (tertiary/aromatic N) is 3. The van der Waals surface area contributed by atoms with Gasteiger partial charge in [0.1, 0.15) is 11.6 Å². The van der Waals surface area contributed by atoms with E-state index in [4.69, 9.17) is 9.72 Å². The van der Waals surface area contributed by atoms with Crippen LogP contribution in [0.5, 0.6) is 5.75 Å². The molecule has 3 aromatic rings. The summed E-state index contributed by atoms with van der Waals surface area (Å²) in [5.41, 5.74) is 4.06. The normalized spacial score (nSPS) is 14.6. The molecule has 0 radical (unpaired) electrons. The van der Waals surface area contributed by atoms with Gasteiger partial charge in [0, 0.05) is 43.7 Å². The molecular weight excluding hydrogens is 388 g/mol. The molecule has 0 aliphatic carbocycles. The topological polar surface area (TPSA) is 57.7 Å². The van der Waals surface area contributed by atoms with Gasteiger partial charge in [-0.1, -0.05) is 12.1 Å². The van der Waals surface area contributed by atoms with Gasteiger partial charge in [0.15, 0.2) is 0 Å². The Kier molecular flexibility index (Phi) is 6.37. The van der Waals surface area contributed by atoms with Crippen LogP contribution < -0.4 is 15.0 Å². The predicted octanol–water partition coefficient (Wildman–Crippen LogP) is 3.87. The number of carbonyl (C=O) groups is 1. The van der Waals surface area contributed by atoms with Gasteiger partial charge in [0.05, 0.1) is 12.6 Å². The van der Waals surface area contributed by atoms with Crippen molar-refractivity contribution in [3.05, 3.63) is 59.7 Å². The minimum Gasteiger partial charge on any atom is -0.497 e. The van der Waals surface area contributed by atoms with Crippen LogP contribution in [0.2, 0.25) is 0 Å². The fourth-order valence-electron chi connectivity index (χ4n) is 3.93. The summed E-state index contributed by atoms with van der Waals surface area (Å²) in [5, 5.41) is 4.10. The lowest BCUT2D eigenvalue weighted by Gasteiger charge is -2.33. The number of nitrogens with one attached hydrogen (secondary N) is 1. The summed E-state index contributed by atoms with van der Waals surface area (Å²) in [5.74, 6) is 1.87. The Bertz CT molecular complexity index is 1060. The number of aromatic nitrogens is 1. The third kappa shape index (κ3) is 5.14. The van der Waals surface area contributed by atoms with Crippen molar-refractivity contribution in [2.24, 2.45) is 0 Å². The highest BCUT2D eigenvalue weighted by Crippen LogP contribution is 2.26. The van der Waals surface area contributed by atoms with Crippen LogP contribution >= 0.6 is 0 Å². The molecule has 2 heterocycles. The van der Waals surface area contributed by atoms with Crippen LogP contribution in [0.3, 0.4) is 0 Å². The van der Waals surface area contributed by atoms with E-state index in [-0.39, 0.29) is 5.91 Å². The van der Waals surface area contributed by atoms with Gasteiger partial charge >= 0.3 is 0 Å². The summed E-state index contributed by atoms with van der Waals surface area (Å²) in [4.78, 5) is 22.0. The molecule has 0 atom stereocenters. The molecule has 6 heteroatoms. The molecule has 2 aromatic carbocycles. The zero-order valence-electron chi connectivity index (χ0n) is 18.5. The molecule has 31 heavy (non-hydrogen) atoms. The van der Waals surface area contributed by atoms with E-state index in [1.54, 1.807) is 7.11 Å². The second-order valence-electron chi connectivity index (χ2n) is 8.22. The molecule has 1 amide bonds. The summed E-state index contributed by atoms with van der Waals surface area (Å²) >= 11 is 0. The maximum absolute atomic E-state index is 12.5. The lowest BCUT2D eigenvalue weighted by Crippen LogP contribution is -2.44. The number of fused-ring (bicyclic) bond motifs is 1. The standard InChI is InChI=1S/C25H30N4O2/c1-18-16-24(29-14-12-28(2)13-15-29)27-23-10-7-20(17-22(18)23)26-25(30)11-6-19-4-8-21(31-3)9-5-19/h4-5,7-10,16-17H,6,11-15H2,1-3H3,(H,26,30). The number of hydrogen-bond acceptors (Lipinski definition) is 5. The Balaban J connectivity index is 1.41. The minimum absolute atomic E-state index is 0.00911. The Morgan fingerprint density at radius 2 is 1.81 bits per heavy atom. The van der Waals surface area contributed by atoms with Gasteiger partial charge in [0.25, 0.3) is 0 Å². The molecule has 1 aromatic heterocycles. The number of benzene rings is 2. The predicted molar refractivity (Wildman–Crippen MR) is 126 cm³/mol. The molecule has 162 valence electrons. The zero-order chi connectivity index (χ0) is 21.8. The van der Waals surface area contributed by atoms with Gasteiger partial charge in [-0.05, 0) is 67.9 Å². The number of piperazine rings is 1. The van der Waals surface area contributed by atoms with Crippen LogP contribution in [0.15, 0.2) is 48.5 Å². The number of hydrogen-bond donors (Lipinski definition) is 1. The lowest BCUT2D eigenvalue weighted by molar-refractivity contribution is -0.116. The molecule has 0 bridgehead atoms. The van der Waals surface area contributed by atoms with E-state index in [1.807, 2.05) is 42.5 Å². The molecule has 1 saturated heterocycles. The fourth-order valence-corrected chi connectivity index (χ4v) is 3.93. The molecule has 0 saturated carbocycles. The molecule has 4 rings (SSSR count). The molecule has 1 aliphatic rings. The van der Waals surface area contributed by atoms with E-state index in [9.17, 15) is 4.79 Å². The number of anilines is 2. The lowest BCUT2D eigenvalue weighted by atomic mass is 10.1. The Morgan fingerprint density at radius 3 is 2.52 bits per heavy atom. The largest absolute Gasteiger partial charge is 0.497 e. The first-order valence-corrected chi connectivity index (χ1v) is 10.8. The van der Waals surface area contributed by atoms with Gasteiger partial charge in [-0.15, -0.1) is 0 Å². The highest BCUT2D eigenvalue weighted by Gasteiger charge is 2.16. The number of likely N-dealkylation sites (N-methyl/N-ethyl adjacent to an activating group) is 1. The van der Waals surface area contributed by atoms with E-state index in [0.717, 1.165) is 59.9 Å². The van der Waals surface area contributed by atoms with Gasteiger partial charge in [0.2, 0.25) is 5.91 Å². The van der Waals surface area contributed by atoms with Crippen molar-refractivity contribution in [1.29, 1.82) is 0 Å². The molecular formula is C25H30N4O2. The van der Waals surface area contributed by atoms with Gasteiger partial charge in [-0.3, -0.25) is 4.79 Å². The molecule has 0 unspecified atom stereocenters. The average molecular weight is 419 g/mol. The number of ether oxygens (including phenoxy) is 1. The first-order chi connectivity index (χ1) is 15.0. The van der Waals surface area contributed by atoms with E-state index >= 15 is 0 Å². The van der Waals surface area contributed by atoms with Crippen molar-refractivity contribution in [2.75, 3.05) is 50.6 Å². The molecule has 1 N–H and O–H groups in total. The first-order valence-electron chi connectivity index (χ1n) is 10.8. The van der Waals surface area contributed by atoms with Gasteiger partial charge in [-0.25, -0.2) is 4.98 Å². The summed E-state index contributed by atoms with van der Waals surface area (Å²) in [7, 11) is 3.81. The second-order valence-corrected chi connectivity index (χ2v) is 8.22. The van der Waals surface area contributed by atoms with E-state index in [1.165, 1.54) is 5.56 Å². The first kappa shape index (κ1) is 21.1. The van der Waals surface area contributed by atoms with Crippen molar-refractivity contribution in [3.8, 4) is 5.75 Å². The van der Waals surface area contributed by atoms with Crippen molar-refractivity contribution in [3.63, 3.8) is 0 Å². The van der Waals surface area contributed by atoms with Gasteiger partial charge in [-0.2, -0.15) is 0 Å². The monoisotopic (exact) mass is 418 g/mol. The highest BCUT2D eigenvalue weighted by molar-refractivity contribution is 5.94. The summed E-state index contributed by atoms with van der Waals surface area (Å²) in [6.45, 7) is 6.22. The maximum Gasteiger partial charge on any atom is 0.224 e. The number of amides is 1. The van der Waals surface area contributed by atoms with Crippen LogP contribution in [0.4, 0.5) is 11.5 Å². The Hall–Kier alpha value is -3.12. The average Bonchev–Trinajstić information content (AvgIpc) is 2.79. The molecule has 6 nitrogen and oxygen atoms in total. The summed E-state index contributed by atoms with van der Waals surface area (Å²) < 4.78 is 5.18. The van der Waals surface area contributed by atoms with Crippen molar-refractivity contribution >= 4 is 28.3 Å². The number of carbonyl (C=O) groups excluding carboxylic acids is 1. The Labute approximate surface area is 183 Å². The third-order valence-electron chi connectivity index (χ3n) is 5.91. The number of rotatable bonds is 6. The van der Waals surface area contributed by atoms with Crippen LogP contribution in [0, 0.1) is 6.92 Å². The molecule has 1 aliphatic heterocycles. The van der Waals surface area contributed by atoms with E-state index in [2.05, 4.69) is 35.2 Å². The molecule has 0 spiro atoms. The summed E-state index contributed by atoms with van der Waals surface area (Å²) in [6.07, 6.45) is 1.13. The second kappa shape index (κ2) is 9.35. The van der Waals surface area contributed by atoms with Gasteiger partial charge < -0.3 is 19.9 Å². The fraction of sp³-hybridized carbons (Fsp3) is 0.360. The van der Waals surface area contributed by atoms with Crippen LogP contribution in [0.1, 0.15) is 17.5 Å². The maximum atomic E-state index is 12.5. The third-order valence-corrected chi connectivity index (χ3v) is 5.91. The van der Waals surface area contributed by atoms with Crippen LogP contribution in [-0.2, 0) is 11.2 Å². The van der Waals surface area contributed by atoms with Crippen LogP contribution in [0.25, 0.3) is 10.9 Å². The van der Waals surface area contributed by atoms with E-state index < -0.39 is 0 Å². The van der Waals surface area contributed by atoms with E-state index in [0.29, 0.717) is 12.8 Å². The quantitative estimate of drug-likeness (QED) is 0.659. The smallest absolute Gasteiger partial charge is 0.224 e. The molecule has 1 fully saturated rings. The Morgan fingerprint density at radius 1 is 1.06 bits per heavy atom. The number of aryl methyl sites for hydroxylation is 2. The number of pyridine rings is 1. The summed E-state index contributed by atoms with van der Waals surface area (Å²) in [6, 6.07) is 15.9.